The molecule has 0 aliphatic heterocycles. The summed E-state index contributed by atoms with van der Waals surface area (Å²) in [5, 5.41) is 0. The highest BCUT2D eigenvalue weighted by Gasteiger charge is 2.26. The second-order valence-electron chi connectivity index (χ2n) is 2.27. The SMILES string of the molecule is Fc1c(F)c(F)c(SC(=S)S)c(F)c1F. The smallest absolute Gasteiger partial charge is 0.200 e. The first-order chi connectivity index (χ1) is 6.86. The lowest BCUT2D eigenvalue weighted by Crippen LogP contribution is -2.03. The van der Waals surface area contributed by atoms with Gasteiger partial charge >= 0.3 is 0 Å². The van der Waals surface area contributed by atoms with Crippen LogP contribution in [-0.2, 0) is 0 Å². The minimum Gasteiger partial charge on any atom is -0.202 e. The number of hydrogen-bond donors (Lipinski definition) is 1. The lowest BCUT2D eigenvalue weighted by molar-refractivity contribution is 0.361. The van der Waals surface area contributed by atoms with Crippen LogP contribution >= 0.6 is 36.6 Å². The molecule has 0 nitrogen and oxygen atoms in total. The molecule has 0 saturated carbocycles. The van der Waals surface area contributed by atoms with E-state index in [0.717, 1.165) is 0 Å². The number of benzene rings is 1. The summed E-state index contributed by atoms with van der Waals surface area (Å²) in [6.45, 7) is 0. The zero-order chi connectivity index (χ0) is 11.7. The largest absolute Gasteiger partial charge is 0.202 e. The summed E-state index contributed by atoms with van der Waals surface area (Å²) < 4.78 is 63.4. The van der Waals surface area contributed by atoms with Gasteiger partial charge in [0.1, 0.15) is 3.53 Å². The van der Waals surface area contributed by atoms with Crippen LogP contribution in [-0.4, -0.2) is 3.53 Å². The molecule has 0 radical (unpaired) electrons. The fourth-order valence-corrected chi connectivity index (χ4v) is 1.82. The predicted octanol–water partition coefficient (Wildman–Crippen LogP) is 3.69. The van der Waals surface area contributed by atoms with E-state index in [0.29, 0.717) is 0 Å². The van der Waals surface area contributed by atoms with Crippen LogP contribution in [0, 0.1) is 29.1 Å². The zero-order valence-corrected chi connectivity index (χ0v) is 9.18. The van der Waals surface area contributed by atoms with Crippen LogP contribution in [0.1, 0.15) is 0 Å². The Morgan fingerprint density at radius 2 is 1.20 bits per heavy atom. The Balaban J connectivity index is 3.45. The molecule has 0 aliphatic carbocycles. The van der Waals surface area contributed by atoms with E-state index in [9.17, 15) is 22.0 Å². The molecule has 1 aromatic carbocycles. The Bertz CT molecular complexity index is 402. The molecule has 0 spiro atoms. The third kappa shape index (κ3) is 2.43. The van der Waals surface area contributed by atoms with Crippen LogP contribution < -0.4 is 0 Å². The van der Waals surface area contributed by atoms with Crippen LogP contribution in [0.15, 0.2) is 4.90 Å². The molecule has 0 N–H and O–H groups in total. The maximum absolute atomic E-state index is 12.9. The number of hydrogen-bond acceptors (Lipinski definition) is 2. The number of halogens is 5. The molecule has 0 fully saturated rings. The summed E-state index contributed by atoms with van der Waals surface area (Å²) in [7, 11) is 0. The fraction of sp³-hybridized carbons (Fsp3) is 0. The highest BCUT2D eigenvalue weighted by atomic mass is 32.2. The summed E-state index contributed by atoms with van der Waals surface area (Å²) in [5.41, 5.74) is 0. The van der Waals surface area contributed by atoms with Crippen molar-refractivity contribution in [3.63, 3.8) is 0 Å². The van der Waals surface area contributed by atoms with E-state index in [2.05, 4.69) is 24.8 Å². The third-order valence-electron chi connectivity index (χ3n) is 1.36. The molecule has 15 heavy (non-hydrogen) atoms. The van der Waals surface area contributed by atoms with Crippen LogP contribution in [0.25, 0.3) is 0 Å². The van der Waals surface area contributed by atoms with Gasteiger partial charge in [-0.2, -0.15) is 0 Å². The highest BCUT2D eigenvalue weighted by Crippen LogP contribution is 2.32. The first kappa shape index (κ1) is 12.7. The molecular weight excluding hydrogens is 275 g/mol. The van der Waals surface area contributed by atoms with Crippen molar-refractivity contribution in [1.82, 2.24) is 0 Å². The maximum atomic E-state index is 12.9. The second kappa shape index (κ2) is 4.67. The van der Waals surface area contributed by atoms with Crippen molar-refractivity contribution >= 4 is 40.1 Å². The van der Waals surface area contributed by atoms with Crippen molar-refractivity contribution in [3.8, 4) is 0 Å². The maximum Gasteiger partial charge on any atom is 0.200 e. The summed E-state index contributed by atoms with van der Waals surface area (Å²) in [4.78, 5) is -1.05. The number of thiocarbonyl (C=S) groups is 1. The molecular formula is C7HF5S3. The van der Waals surface area contributed by atoms with Gasteiger partial charge in [-0.3, -0.25) is 0 Å². The highest BCUT2D eigenvalue weighted by molar-refractivity contribution is 8.41. The average molecular weight is 276 g/mol. The molecule has 0 amide bonds. The van der Waals surface area contributed by atoms with E-state index in [1.54, 1.807) is 0 Å². The van der Waals surface area contributed by atoms with Crippen molar-refractivity contribution in [2.45, 2.75) is 4.90 Å². The molecule has 0 unspecified atom stereocenters. The first-order valence-electron chi connectivity index (χ1n) is 3.28. The molecule has 0 bridgehead atoms. The van der Waals surface area contributed by atoms with Gasteiger partial charge in [0.05, 0.1) is 4.90 Å². The first-order valence-corrected chi connectivity index (χ1v) is 4.95. The Morgan fingerprint density at radius 1 is 0.867 bits per heavy atom. The summed E-state index contributed by atoms with van der Waals surface area (Å²) in [5.74, 6) is -10.0. The van der Waals surface area contributed by atoms with Crippen LogP contribution in [0.2, 0.25) is 0 Å². The van der Waals surface area contributed by atoms with E-state index in [1.807, 2.05) is 0 Å². The standard InChI is InChI=1S/C7HF5S3/c8-1-2(9)4(11)6(15-7(13)14)5(12)3(1)10/h(H,13,14). The van der Waals surface area contributed by atoms with Gasteiger partial charge in [0, 0.05) is 0 Å². The van der Waals surface area contributed by atoms with Crippen molar-refractivity contribution < 1.29 is 22.0 Å². The van der Waals surface area contributed by atoms with Gasteiger partial charge in [-0.05, 0) is 0 Å². The minimum absolute atomic E-state index is 0.188. The molecule has 0 saturated heterocycles. The van der Waals surface area contributed by atoms with E-state index >= 15 is 0 Å². The zero-order valence-electron chi connectivity index (χ0n) is 6.65. The van der Waals surface area contributed by atoms with Crippen molar-refractivity contribution in [2.24, 2.45) is 0 Å². The summed E-state index contributed by atoms with van der Waals surface area (Å²) in [6, 6.07) is 0. The van der Waals surface area contributed by atoms with Gasteiger partial charge in [0.15, 0.2) is 23.3 Å². The van der Waals surface area contributed by atoms with Crippen LogP contribution in [0.4, 0.5) is 22.0 Å². The number of thioether (sulfide) groups is 1. The quantitative estimate of drug-likeness (QED) is 0.207. The third-order valence-corrected chi connectivity index (χ3v) is 2.62. The lowest BCUT2D eigenvalue weighted by Gasteiger charge is -2.05. The van der Waals surface area contributed by atoms with Gasteiger partial charge in [0.25, 0.3) is 0 Å². The van der Waals surface area contributed by atoms with Crippen molar-refractivity contribution in [2.75, 3.05) is 0 Å². The average Bonchev–Trinajstić information content (AvgIpc) is 2.18. The second-order valence-corrected chi connectivity index (χ2v) is 5.01. The molecule has 8 heteroatoms. The molecule has 0 atom stereocenters. The van der Waals surface area contributed by atoms with E-state index in [4.69, 9.17) is 0 Å². The van der Waals surface area contributed by atoms with E-state index in [1.165, 1.54) is 0 Å². The summed E-state index contributed by atoms with van der Waals surface area (Å²) >= 11 is 8.08. The molecule has 1 aromatic rings. The monoisotopic (exact) mass is 276 g/mol. The Morgan fingerprint density at radius 3 is 1.53 bits per heavy atom. The van der Waals surface area contributed by atoms with E-state index in [-0.39, 0.29) is 15.3 Å². The van der Waals surface area contributed by atoms with Gasteiger partial charge in [-0.15, -0.1) is 12.6 Å². The molecule has 0 aromatic heterocycles. The van der Waals surface area contributed by atoms with Crippen molar-refractivity contribution in [1.29, 1.82) is 0 Å². The van der Waals surface area contributed by atoms with Gasteiger partial charge in [-0.1, -0.05) is 24.0 Å². The van der Waals surface area contributed by atoms with E-state index < -0.39 is 34.0 Å². The van der Waals surface area contributed by atoms with Crippen molar-refractivity contribution in [3.05, 3.63) is 29.1 Å². The molecule has 1 rings (SSSR count). The minimum atomic E-state index is -2.19. The normalized spacial score (nSPS) is 10.5. The lowest BCUT2D eigenvalue weighted by atomic mass is 10.3. The Labute approximate surface area is 96.3 Å². The number of rotatable bonds is 1. The van der Waals surface area contributed by atoms with Gasteiger partial charge in [-0.25, -0.2) is 22.0 Å². The summed E-state index contributed by atoms with van der Waals surface area (Å²) in [6.07, 6.45) is 0. The Hall–Kier alpha value is -0.340. The Kier molecular flexibility index (Phi) is 3.96. The predicted molar refractivity (Wildman–Crippen MR) is 53.7 cm³/mol. The molecule has 0 heterocycles. The van der Waals surface area contributed by atoms with Crippen LogP contribution in [0.3, 0.4) is 0 Å². The van der Waals surface area contributed by atoms with Gasteiger partial charge < -0.3 is 0 Å². The number of thiol groups is 1. The topological polar surface area (TPSA) is 0 Å². The molecule has 82 valence electrons. The van der Waals surface area contributed by atoms with Crippen LogP contribution in [0.5, 0.6) is 0 Å². The molecule has 0 aliphatic rings. The van der Waals surface area contributed by atoms with Gasteiger partial charge in [0.2, 0.25) is 5.82 Å². The fourth-order valence-electron chi connectivity index (χ4n) is 0.762.